The maximum absolute atomic E-state index is 13.3. The van der Waals surface area contributed by atoms with Gasteiger partial charge in [-0.15, -0.1) is 9.25 Å². The van der Waals surface area contributed by atoms with Gasteiger partial charge in [-0.05, 0) is 57.0 Å². The monoisotopic (exact) mass is 500 g/mol. The molecule has 2 N–H and O–H groups in total. The first kappa shape index (κ1) is 25.6. The molecule has 0 amide bonds. The Hall–Kier alpha value is -2.98. The first-order chi connectivity index (χ1) is 16.1. The zero-order valence-corrected chi connectivity index (χ0v) is 20.7. The molecule has 0 saturated carbocycles. The van der Waals surface area contributed by atoms with E-state index in [1.165, 1.54) is 24.3 Å². The van der Waals surface area contributed by atoms with Crippen LogP contribution in [0, 0.1) is 13.8 Å². The number of hydrogen-bond donors (Lipinski definition) is 2. The number of aromatic hydroxyl groups is 1. The van der Waals surface area contributed by atoms with Gasteiger partial charge in [-0.3, -0.25) is 0 Å². The molecule has 3 aromatic rings. The summed E-state index contributed by atoms with van der Waals surface area (Å²) < 4.78 is 53.2. The first-order valence-electron chi connectivity index (χ1n) is 10.7. The Morgan fingerprint density at radius 1 is 0.824 bits per heavy atom. The number of aryl methyl sites for hydroxylation is 2. The average Bonchev–Trinajstić information content (AvgIpc) is 2.79. The van der Waals surface area contributed by atoms with Crippen molar-refractivity contribution in [3.8, 4) is 5.75 Å². The van der Waals surface area contributed by atoms with E-state index in [9.17, 15) is 21.9 Å². The smallest absolute Gasteiger partial charge is 0.256 e. The van der Waals surface area contributed by atoms with Crippen molar-refractivity contribution < 1.29 is 21.9 Å². The number of allylic oxidation sites excluding steroid dienone is 1. The maximum Gasteiger partial charge on any atom is 0.256 e. The Labute approximate surface area is 201 Å². The van der Waals surface area contributed by atoms with E-state index in [4.69, 9.17) is 0 Å². The zero-order chi connectivity index (χ0) is 24.8. The van der Waals surface area contributed by atoms with Crippen LogP contribution in [0.3, 0.4) is 0 Å². The van der Waals surface area contributed by atoms with Gasteiger partial charge in [0, 0.05) is 12.1 Å². The molecule has 3 aromatic carbocycles. The van der Waals surface area contributed by atoms with Crippen LogP contribution < -0.4 is 4.83 Å². The number of unbranched alkanes of at least 4 members (excludes halogenated alkanes) is 1. The van der Waals surface area contributed by atoms with Crippen molar-refractivity contribution in [1.29, 1.82) is 0 Å². The Balaban J connectivity index is 1.80. The van der Waals surface area contributed by atoms with Gasteiger partial charge in [-0.1, -0.05) is 65.7 Å². The van der Waals surface area contributed by atoms with Crippen LogP contribution in [0.15, 0.2) is 88.7 Å². The summed E-state index contributed by atoms with van der Waals surface area (Å²) in [6.07, 6.45) is 4.37. The molecule has 0 aliphatic carbocycles. The van der Waals surface area contributed by atoms with Gasteiger partial charge >= 0.3 is 0 Å². The molecular formula is C25H28N2O5S2. The number of para-hydroxylation sites is 1. The van der Waals surface area contributed by atoms with Gasteiger partial charge in [0.25, 0.3) is 20.0 Å². The summed E-state index contributed by atoms with van der Waals surface area (Å²) in [4.78, 5) is 2.22. The summed E-state index contributed by atoms with van der Waals surface area (Å²) in [5.41, 5.74) is 2.42. The molecule has 7 nitrogen and oxygen atoms in total. The molecule has 0 aromatic heterocycles. The Morgan fingerprint density at radius 3 is 1.97 bits per heavy atom. The van der Waals surface area contributed by atoms with Crippen LogP contribution in [-0.4, -0.2) is 32.9 Å². The number of hydrazine groups is 1. The van der Waals surface area contributed by atoms with Crippen molar-refractivity contribution in [3.63, 3.8) is 0 Å². The van der Waals surface area contributed by atoms with Crippen LogP contribution in [0.2, 0.25) is 0 Å². The lowest BCUT2D eigenvalue weighted by Gasteiger charge is -2.23. The molecule has 0 spiro atoms. The van der Waals surface area contributed by atoms with Gasteiger partial charge in [0.15, 0.2) is 0 Å². The number of benzene rings is 3. The summed E-state index contributed by atoms with van der Waals surface area (Å²) >= 11 is 0. The highest BCUT2D eigenvalue weighted by Crippen LogP contribution is 2.20. The van der Waals surface area contributed by atoms with E-state index in [1.807, 2.05) is 13.8 Å². The summed E-state index contributed by atoms with van der Waals surface area (Å²) in [7, 11) is -8.26. The fourth-order valence-corrected chi connectivity index (χ4v) is 5.90. The average molecular weight is 501 g/mol. The summed E-state index contributed by atoms with van der Waals surface area (Å²) in [6, 6.07) is 19.3. The molecule has 0 fully saturated rings. The van der Waals surface area contributed by atoms with Gasteiger partial charge in [-0.2, -0.15) is 0 Å². The molecule has 0 unspecified atom stereocenters. The topological polar surface area (TPSA) is 104 Å². The van der Waals surface area contributed by atoms with Crippen LogP contribution in [-0.2, 0) is 20.0 Å². The van der Waals surface area contributed by atoms with Gasteiger partial charge in [0.1, 0.15) is 5.75 Å². The number of phenols is 1. The fourth-order valence-electron chi connectivity index (χ4n) is 3.15. The molecule has 0 atom stereocenters. The molecule has 0 radical (unpaired) electrons. The van der Waals surface area contributed by atoms with Crippen LogP contribution in [0.1, 0.15) is 29.5 Å². The lowest BCUT2D eigenvalue weighted by atomic mass is 10.1. The molecule has 9 heteroatoms. The third-order valence-electron chi connectivity index (χ3n) is 5.13. The van der Waals surface area contributed by atoms with Crippen molar-refractivity contribution in [3.05, 3.63) is 95.6 Å². The molecule has 0 heterocycles. The maximum atomic E-state index is 13.3. The highest BCUT2D eigenvalue weighted by Gasteiger charge is 2.29. The van der Waals surface area contributed by atoms with Crippen molar-refractivity contribution in [1.82, 2.24) is 9.25 Å². The molecular weight excluding hydrogens is 472 g/mol. The number of nitrogens with zero attached hydrogens (tertiary/aromatic N) is 1. The van der Waals surface area contributed by atoms with Gasteiger partial charge in [0.05, 0.1) is 9.79 Å². The van der Waals surface area contributed by atoms with E-state index in [2.05, 4.69) is 4.83 Å². The largest absolute Gasteiger partial charge is 0.507 e. The second-order valence-corrected chi connectivity index (χ2v) is 11.4. The first-order valence-corrected chi connectivity index (χ1v) is 13.6. The normalized spacial score (nSPS) is 12.4. The molecule has 0 saturated heterocycles. The lowest BCUT2D eigenvalue weighted by molar-refractivity contribution is 0.372. The van der Waals surface area contributed by atoms with Crippen molar-refractivity contribution in [2.45, 2.75) is 36.5 Å². The minimum atomic E-state index is -4.13. The van der Waals surface area contributed by atoms with Crippen LogP contribution in [0.25, 0.3) is 6.08 Å². The van der Waals surface area contributed by atoms with E-state index in [1.54, 1.807) is 60.7 Å². The molecule has 34 heavy (non-hydrogen) atoms. The van der Waals surface area contributed by atoms with Crippen LogP contribution >= 0.6 is 0 Å². The third kappa shape index (κ3) is 6.54. The van der Waals surface area contributed by atoms with Gasteiger partial charge in [-0.25, -0.2) is 16.8 Å². The highest BCUT2D eigenvalue weighted by molar-refractivity contribution is 7.92. The van der Waals surface area contributed by atoms with E-state index < -0.39 is 20.0 Å². The van der Waals surface area contributed by atoms with E-state index >= 15 is 0 Å². The van der Waals surface area contributed by atoms with Crippen molar-refractivity contribution in [2.75, 3.05) is 6.54 Å². The standard InChI is InChI=1S/C25H28N2O5S2/c1-20-11-15-23(16-12-20)33(29,30)26-27(34(31,32)24-17-13-21(2)14-18-24)19-7-3-4-8-22-9-5-6-10-25(22)28/h4-6,8-18,26,28H,3,7,19H2,1-2H3/b8-4-. The lowest BCUT2D eigenvalue weighted by Crippen LogP contribution is -2.46. The van der Waals surface area contributed by atoms with Crippen molar-refractivity contribution >= 4 is 26.1 Å². The zero-order valence-electron chi connectivity index (χ0n) is 19.0. The van der Waals surface area contributed by atoms with Crippen LogP contribution in [0.5, 0.6) is 5.75 Å². The number of phenolic OH excluding ortho intramolecular Hbond substituents is 1. The molecule has 0 aliphatic rings. The van der Waals surface area contributed by atoms with Gasteiger partial charge in [0.2, 0.25) is 0 Å². The summed E-state index contributed by atoms with van der Waals surface area (Å²) in [5.74, 6) is 0.146. The molecule has 0 bridgehead atoms. The summed E-state index contributed by atoms with van der Waals surface area (Å²) in [6.45, 7) is 3.60. The van der Waals surface area contributed by atoms with Crippen LogP contribution in [0.4, 0.5) is 0 Å². The number of nitrogens with one attached hydrogen (secondary N) is 1. The second kappa shape index (κ2) is 11.0. The number of sulfonamides is 2. The Bertz CT molecular complexity index is 1350. The Kier molecular flexibility index (Phi) is 8.27. The number of hydrogen-bond acceptors (Lipinski definition) is 5. The van der Waals surface area contributed by atoms with Crippen molar-refractivity contribution in [2.24, 2.45) is 0 Å². The van der Waals surface area contributed by atoms with E-state index in [0.717, 1.165) is 15.5 Å². The molecule has 3 rings (SSSR count). The van der Waals surface area contributed by atoms with E-state index in [0.29, 0.717) is 18.4 Å². The predicted octanol–water partition coefficient (Wildman–Crippen LogP) is 4.39. The molecule has 0 aliphatic heterocycles. The van der Waals surface area contributed by atoms with E-state index in [-0.39, 0.29) is 22.1 Å². The number of rotatable bonds is 10. The minimum Gasteiger partial charge on any atom is -0.507 e. The fraction of sp³-hybridized carbons (Fsp3) is 0.200. The Morgan fingerprint density at radius 2 is 1.38 bits per heavy atom. The second-order valence-electron chi connectivity index (χ2n) is 7.90. The third-order valence-corrected chi connectivity index (χ3v) is 8.32. The summed E-state index contributed by atoms with van der Waals surface area (Å²) in [5, 5.41) is 9.84. The molecule has 180 valence electrons. The SMILES string of the molecule is Cc1ccc(S(=O)(=O)NN(CCC/C=C\c2ccccc2O)S(=O)(=O)c2ccc(C)cc2)cc1. The quantitative estimate of drug-likeness (QED) is 0.317. The highest BCUT2D eigenvalue weighted by atomic mass is 32.2. The van der Waals surface area contributed by atoms with Gasteiger partial charge < -0.3 is 5.11 Å². The predicted molar refractivity (Wildman–Crippen MR) is 133 cm³/mol. The minimum absolute atomic E-state index is 0.00513.